The molecule has 2 N–H and O–H groups in total. The minimum atomic E-state index is -4.18. The Hall–Kier alpha value is -4.25. The third-order valence-corrected chi connectivity index (χ3v) is 6.68. The maximum absolute atomic E-state index is 13.1. The summed E-state index contributed by atoms with van der Waals surface area (Å²) in [5, 5.41) is 5.72. The van der Waals surface area contributed by atoms with Crippen LogP contribution in [0, 0.1) is 27.7 Å². The predicted octanol–water partition coefficient (Wildman–Crippen LogP) is 4.02. The normalized spacial score (nSPS) is 11.2. The van der Waals surface area contributed by atoms with Crippen molar-refractivity contribution in [2.45, 2.75) is 32.7 Å². The molecule has 186 valence electrons. The number of carbonyl (C=O) groups is 1. The molecule has 0 aliphatic heterocycles. The first-order valence-corrected chi connectivity index (χ1v) is 12.4. The van der Waals surface area contributed by atoms with Gasteiger partial charge in [-0.2, -0.15) is 13.5 Å². The van der Waals surface area contributed by atoms with Crippen LogP contribution < -0.4 is 14.2 Å². The number of ether oxygens (including phenoxy) is 2. The summed E-state index contributed by atoms with van der Waals surface area (Å²) in [6.45, 7) is 7.60. The van der Waals surface area contributed by atoms with Gasteiger partial charge in [0.2, 0.25) is 11.8 Å². The lowest BCUT2D eigenvalue weighted by atomic mass is 10.1. The molecule has 0 fully saturated rings. The van der Waals surface area contributed by atoms with E-state index in [-0.39, 0.29) is 16.5 Å². The maximum atomic E-state index is 13.1. The zero-order valence-corrected chi connectivity index (χ0v) is 21.2. The summed E-state index contributed by atoms with van der Waals surface area (Å²) < 4.78 is 38.6. The number of carbonyl (C=O) groups excluding carboxylic acids is 1. The van der Waals surface area contributed by atoms with Gasteiger partial charge in [-0.3, -0.25) is 9.89 Å². The van der Waals surface area contributed by atoms with E-state index in [4.69, 9.17) is 9.47 Å². The molecule has 10 nitrogen and oxygen atoms in total. The van der Waals surface area contributed by atoms with Crippen molar-refractivity contribution in [3.05, 3.63) is 76.6 Å². The average Bonchev–Trinajstić information content (AvgIpc) is 3.37. The number of H-pyrrole nitrogens is 1. The van der Waals surface area contributed by atoms with E-state index in [1.807, 2.05) is 50.6 Å². The Morgan fingerprint density at radius 3 is 2.31 bits per heavy atom. The summed E-state index contributed by atoms with van der Waals surface area (Å²) in [5.41, 5.74) is 4.65. The highest BCUT2D eigenvalue weighted by Crippen LogP contribution is 2.33. The van der Waals surface area contributed by atoms with Gasteiger partial charge in [-0.05, 0) is 63.1 Å². The zero-order valence-electron chi connectivity index (χ0n) is 20.4. The van der Waals surface area contributed by atoms with Crippen molar-refractivity contribution >= 4 is 15.9 Å². The second kappa shape index (κ2) is 9.78. The van der Waals surface area contributed by atoms with E-state index in [9.17, 15) is 13.2 Å². The summed E-state index contributed by atoms with van der Waals surface area (Å²) in [6.07, 6.45) is 2.88. The Morgan fingerprint density at radius 1 is 0.972 bits per heavy atom. The van der Waals surface area contributed by atoms with Crippen LogP contribution >= 0.6 is 0 Å². The molecular formula is C25H25N5O5S. The number of pyridine rings is 2. The lowest BCUT2D eigenvalue weighted by Crippen LogP contribution is -2.31. The topological polar surface area (TPSA) is 136 Å². The average molecular weight is 508 g/mol. The van der Waals surface area contributed by atoms with Gasteiger partial charge < -0.3 is 9.47 Å². The van der Waals surface area contributed by atoms with E-state index in [0.717, 1.165) is 22.3 Å². The highest BCUT2D eigenvalue weighted by atomic mass is 32.2. The van der Waals surface area contributed by atoms with Crippen LogP contribution in [0.5, 0.6) is 17.5 Å². The van der Waals surface area contributed by atoms with Crippen LogP contribution in [0.2, 0.25) is 0 Å². The highest BCUT2D eigenvalue weighted by Gasteiger charge is 2.24. The van der Waals surface area contributed by atoms with Crippen molar-refractivity contribution in [1.29, 1.82) is 0 Å². The molecule has 4 aromatic rings. The number of sulfonamides is 1. The van der Waals surface area contributed by atoms with Crippen LogP contribution in [0.25, 0.3) is 11.3 Å². The molecule has 3 heterocycles. The number of aromatic amines is 1. The van der Waals surface area contributed by atoms with Crippen molar-refractivity contribution in [3.8, 4) is 28.8 Å². The van der Waals surface area contributed by atoms with Crippen molar-refractivity contribution in [1.82, 2.24) is 24.9 Å². The Bertz CT molecular complexity index is 1530. The molecule has 1 amide bonds. The van der Waals surface area contributed by atoms with Crippen molar-refractivity contribution < 1.29 is 22.7 Å². The second-order valence-corrected chi connectivity index (χ2v) is 9.94. The van der Waals surface area contributed by atoms with Crippen LogP contribution in [0.15, 0.2) is 53.8 Å². The molecule has 0 unspecified atom stereocenters. The molecule has 0 bridgehead atoms. The van der Waals surface area contributed by atoms with Gasteiger partial charge in [-0.15, -0.1) is 0 Å². The molecule has 0 radical (unpaired) electrons. The number of nitrogens with one attached hydrogen (secondary N) is 2. The van der Waals surface area contributed by atoms with Crippen LogP contribution in [0.3, 0.4) is 0 Å². The first kappa shape index (κ1) is 24.9. The van der Waals surface area contributed by atoms with Crippen molar-refractivity contribution in [3.63, 3.8) is 0 Å². The quantitative estimate of drug-likeness (QED) is 0.383. The van der Waals surface area contributed by atoms with Crippen LogP contribution in [-0.4, -0.2) is 41.6 Å². The van der Waals surface area contributed by atoms with Gasteiger partial charge in [-0.1, -0.05) is 17.7 Å². The Labute approximate surface area is 208 Å². The standard InChI is InChI=1S/C25H25N5O5S/c1-14-10-15(2)22(16(3)11-14)35-25-19(23(31)30-36(32,33)21-8-9-27-29-21)6-7-20(28-25)18-12-17(4)24(34-5)26-13-18/h6-13H,1-5H3,(H,27,29)(H,30,31). The number of aryl methyl sites for hydroxylation is 4. The summed E-state index contributed by atoms with van der Waals surface area (Å²) >= 11 is 0. The molecule has 36 heavy (non-hydrogen) atoms. The van der Waals surface area contributed by atoms with E-state index in [1.54, 1.807) is 12.3 Å². The maximum Gasteiger partial charge on any atom is 0.281 e. The SMILES string of the molecule is COc1ncc(-c2ccc(C(=O)NS(=O)(=O)c3ccn[nH]3)c(Oc3c(C)cc(C)cc3C)n2)cc1C. The Kier molecular flexibility index (Phi) is 6.75. The number of hydrogen-bond acceptors (Lipinski definition) is 8. The molecule has 3 aromatic heterocycles. The monoisotopic (exact) mass is 507 g/mol. The van der Waals surface area contributed by atoms with Crippen LogP contribution in [0.4, 0.5) is 0 Å². The Morgan fingerprint density at radius 2 is 1.69 bits per heavy atom. The lowest BCUT2D eigenvalue weighted by molar-refractivity contribution is 0.0978. The predicted molar refractivity (Wildman–Crippen MR) is 133 cm³/mol. The molecule has 0 saturated carbocycles. The van der Waals surface area contributed by atoms with Crippen LogP contribution in [-0.2, 0) is 10.0 Å². The van der Waals surface area contributed by atoms with E-state index < -0.39 is 15.9 Å². The highest BCUT2D eigenvalue weighted by molar-refractivity contribution is 7.90. The third kappa shape index (κ3) is 5.05. The zero-order chi connectivity index (χ0) is 26.0. The van der Waals surface area contributed by atoms with E-state index in [1.165, 1.54) is 25.4 Å². The minimum absolute atomic E-state index is 0.0478. The number of benzene rings is 1. The smallest absolute Gasteiger partial charge is 0.281 e. The van der Waals surface area contributed by atoms with Crippen molar-refractivity contribution in [2.24, 2.45) is 0 Å². The minimum Gasteiger partial charge on any atom is -0.481 e. The van der Waals surface area contributed by atoms with Gasteiger partial charge in [0.1, 0.15) is 11.3 Å². The molecular weight excluding hydrogens is 482 g/mol. The fraction of sp³-hybridized carbons (Fsp3) is 0.200. The number of methoxy groups -OCH3 is 1. The number of rotatable bonds is 7. The fourth-order valence-corrected chi connectivity index (χ4v) is 4.69. The van der Waals surface area contributed by atoms with Gasteiger partial charge in [0.05, 0.1) is 19.0 Å². The van der Waals surface area contributed by atoms with Gasteiger partial charge in [0.15, 0.2) is 5.03 Å². The van der Waals surface area contributed by atoms with E-state index in [2.05, 4.69) is 20.2 Å². The number of hydrogen-bond donors (Lipinski definition) is 2. The molecule has 0 aliphatic carbocycles. The fourth-order valence-electron chi connectivity index (χ4n) is 3.82. The molecule has 1 aromatic carbocycles. The second-order valence-electron chi connectivity index (χ2n) is 8.28. The summed E-state index contributed by atoms with van der Waals surface area (Å²) in [5.74, 6) is 0.0688. The molecule has 0 atom stereocenters. The van der Waals surface area contributed by atoms with E-state index >= 15 is 0 Å². The summed E-state index contributed by atoms with van der Waals surface area (Å²) in [4.78, 5) is 22.0. The Balaban J connectivity index is 1.79. The first-order chi connectivity index (χ1) is 17.1. The molecule has 0 saturated heterocycles. The lowest BCUT2D eigenvalue weighted by Gasteiger charge is -2.16. The number of nitrogens with zero attached hydrogens (tertiary/aromatic N) is 3. The third-order valence-electron chi connectivity index (χ3n) is 5.42. The van der Waals surface area contributed by atoms with Gasteiger partial charge >= 0.3 is 0 Å². The molecule has 4 rings (SSSR count). The van der Waals surface area contributed by atoms with Crippen molar-refractivity contribution in [2.75, 3.05) is 7.11 Å². The molecule has 11 heteroatoms. The van der Waals surface area contributed by atoms with Crippen LogP contribution in [0.1, 0.15) is 32.6 Å². The first-order valence-electron chi connectivity index (χ1n) is 10.9. The van der Waals surface area contributed by atoms with Gasteiger partial charge in [0.25, 0.3) is 15.9 Å². The molecule has 0 aliphatic rings. The summed E-state index contributed by atoms with van der Waals surface area (Å²) in [6, 6.07) is 10.1. The summed E-state index contributed by atoms with van der Waals surface area (Å²) in [7, 11) is -2.64. The number of amides is 1. The number of aromatic nitrogens is 4. The van der Waals surface area contributed by atoms with Gasteiger partial charge in [0, 0.05) is 17.3 Å². The largest absolute Gasteiger partial charge is 0.481 e. The molecule has 0 spiro atoms. The van der Waals surface area contributed by atoms with E-state index in [0.29, 0.717) is 22.9 Å². The van der Waals surface area contributed by atoms with Gasteiger partial charge in [-0.25, -0.2) is 14.7 Å².